The Kier molecular flexibility index (Phi) is 0.922. The van der Waals surface area contributed by atoms with Gasteiger partial charge < -0.3 is 0 Å². The van der Waals surface area contributed by atoms with Gasteiger partial charge in [-0.2, -0.15) is 5.10 Å². The number of hydrogen-bond acceptors (Lipinski definition) is 4. The van der Waals surface area contributed by atoms with Crippen LogP contribution in [-0.4, -0.2) is 29.6 Å². The highest BCUT2D eigenvalue weighted by atomic mass is 15.7. The number of amidine groups is 1. The van der Waals surface area contributed by atoms with Gasteiger partial charge in [0, 0.05) is 18.8 Å². The highest BCUT2D eigenvalue weighted by Crippen LogP contribution is 2.11. The van der Waals surface area contributed by atoms with Crippen molar-refractivity contribution < 1.29 is 0 Å². The summed E-state index contributed by atoms with van der Waals surface area (Å²) in [5, 5.41) is 8.14. The van der Waals surface area contributed by atoms with Crippen LogP contribution in [0.15, 0.2) is 16.9 Å². The molecule has 0 aromatic rings. The van der Waals surface area contributed by atoms with E-state index in [9.17, 15) is 0 Å². The lowest BCUT2D eigenvalue weighted by Gasteiger charge is -2.14. The Morgan fingerprint density at radius 3 is 3.20 bits per heavy atom. The summed E-state index contributed by atoms with van der Waals surface area (Å²) in [5.41, 5.74) is 4.33. The van der Waals surface area contributed by atoms with E-state index in [-0.39, 0.29) is 0 Å². The van der Waals surface area contributed by atoms with Gasteiger partial charge in [-0.1, -0.05) is 0 Å². The van der Waals surface area contributed by atoms with Gasteiger partial charge in [0.2, 0.25) is 0 Å². The number of hydrazine groups is 1. The molecule has 0 aliphatic carbocycles. The molecule has 2 aliphatic rings. The largest absolute Gasteiger partial charge is 0.300 e. The van der Waals surface area contributed by atoms with Crippen LogP contribution < -0.4 is 5.43 Å². The Labute approximate surface area is 59.8 Å². The topological polar surface area (TPSA) is 30.9 Å². The van der Waals surface area contributed by atoms with Gasteiger partial charge in [0.15, 0.2) is 5.84 Å². The highest BCUT2D eigenvalue weighted by Gasteiger charge is 2.23. The van der Waals surface area contributed by atoms with E-state index in [1.54, 1.807) is 0 Å². The molecule has 4 nitrogen and oxygen atoms in total. The number of allylic oxidation sites excluding steroid dienone is 1. The quantitative estimate of drug-likeness (QED) is 0.508. The van der Waals surface area contributed by atoms with Crippen molar-refractivity contribution in [3.05, 3.63) is 11.8 Å². The summed E-state index contributed by atoms with van der Waals surface area (Å²) >= 11 is 0. The zero-order chi connectivity index (χ0) is 7.14. The van der Waals surface area contributed by atoms with Crippen LogP contribution >= 0.6 is 0 Å². The average molecular weight is 138 g/mol. The van der Waals surface area contributed by atoms with E-state index in [0.29, 0.717) is 0 Å². The zero-order valence-corrected chi connectivity index (χ0v) is 6.13. The first kappa shape index (κ1) is 5.58. The molecule has 0 saturated heterocycles. The van der Waals surface area contributed by atoms with Gasteiger partial charge >= 0.3 is 0 Å². The molecule has 0 radical (unpaired) electrons. The van der Waals surface area contributed by atoms with Gasteiger partial charge in [-0.25, -0.2) is 5.01 Å². The number of nitrogens with zero attached hydrogens (tertiary/aromatic N) is 3. The molecule has 0 aromatic heterocycles. The number of nitrogens with one attached hydrogen (secondary N) is 1. The second kappa shape index (κ2) is 1.65. The standard InChI is InChI=1S/C6H10N4/c1-5-3-6-8-9(2)4-10(6)7-5/h3,7H,4H2,1-2H3. The Hall–Kier alpha value is -1.19. The van der Waals surface area contributed by atoms with Crippen molar-refractivity contribution in [3.63, 3.8) is 0 Å². The van der Waals surface area contributed by atoms with Crippen LogP contribution in [0.5, 0.6) is 0 Å². The van der Waals surface area contributed by atoms with Crippen LogP contribution in [-0.2, 0) is 0 Å². The lowest BCUT2D eigenvalue weighted by atomic mass is 10.4. The molecule has 54 valence electrons. The fraction of sp³-hybridized carbons (Fsp3) is 0.500. The fourth-order valence-corrected chi connectivity index (χ4v) is 1.18. The maximum Gasteiger partial charge on any atom is 0.170 e. The van der Waals surface area contributed by atoms with Gasteiger partial charge in [0.25, 0.3) is 0 Å². The van der Waals surface area contributed by atoms with E-state index in [4.69, 9.17) is 0 Å². The zero-order valence-electron chi connectivity index (χ0n) is 6.13. The summed E-state index contributed by atoms with van der Waals surface area (Å²) < 4.78 is 0. The van der Waals surface area contributed by atoms with Gasteiger partial charge in [0.05, 0.1) is 0 Å². The van der Waals surface area contributed by atoms with Crippen molar-refractivity contribution in [1.29, 1.82) is 0 Å². The smallest absolute Gasteiger partial charge is 0.170 e. The van der Waals surface area contributed by atoms with Crippen LogP contribution in [0.1, 0.15) is 6.92 Å². The van der Waals surface area contributed by atoms with Gasteiger partial charge in [0.1, 0.15) is 6.67 Å². The third-order valence-electron chi connectivity index (χ3n) is 1.55. The molecule has 0 saturated carbocycles. The summed E-state index contributed by atoms with van der Waals surface area (Å²) in [6, 6.07) is 0. The van der Waals surface area contributed by atoms with Crippen molar-refractivity contribution in [2.75, 3.05) is 13.7 Å². The summed E-state index contributed by atoms with van der Waals surface area (Å²) in [5.74, 6) is 1.01. The molecule has 0 spiro atoms. The van der Waals surface area contributed by atoms with Crippen LogP contribution in [0.25, 0.3) is 0 Å². The van der Waals surface area contributed by atoms with E-state index >= 15 is 0 Å². The Morgan fingerprint density at radius 1 is 1.70 bits per heavy atom. The number of fused-ring (bicyclic) bond motifs is 1. The second-order valence-electron chi connectivity index (χ2n) is 2.62. The molecule has 2 heterocycles. The molecule has 0 aromatic carbocycles. The maximum atomic E-state index is 4.24. The maximum absolute atomic E-state index is 4.24. The number of hydrazone groups is 1. The van der Waals surface area contributed by atoms with Crippen molar-refractivity contribution in [1.82, 2.24) is 15.4 Å². The molecule has 0 amide bonds. The van der Waals surface area contributed by atoms with Gasteiger partial charge in [-0.15, -0.1) is 0 Å². The average Bonchev–Trinajstić information content (AvgIpc) is 2.21. The highest BCUT2D eigenvalue weighted by molar-refractivity contribution is 5.95. The Bertz CT molecular complexity index is 218. The van der Waals surface area contributed by atoms with Crippen molar-refractivity contribution >= 4 is 5.84 Å². The predicted octanol–water partition coefficient (Wildman–Crippen LogP) is -0.0732. The predicted molar refractivity (Wildman–Crippen MR) is 38.8 cm³/mol. The molecule has 0 fully saturated rings. The fourth-order valence-electron chi connectivity index (χ4n) is 1.18. The van der Waals surface area contributed by atoms with Crippen molar-refractivity contribution in [2.24, 2.45) is 5.10 Å². The summed E-state index contributed by atoms with van der Waals surface area (Å²) in [7, 11) is 1.95. The molecule has 0 unspecified atom stereocenters. The third-order valence-corrected chi connectivity index (χ3v) is 1.55. The second-order valence-corrected chi connectivity index (χ2v) is 2.62. The first-order chi connectivity index (χ1) is 4.75. The van der Waals surface area contributed by atoms with E-state index in [1.807, 2.05) is 30.1 Å². The molecule has 10 heavy (non-hydrogen) atoms. The minimum atomic E-state index is 0.836. The lowest BCUT2D eigenvalue weighted by Crippen LogP contribution is -2.35. The minimum absolute atomic E-state index is 0.836. The molecular formula is C6H10N4. The molecule has 1 N–H and O–H groups in total. The van der Waals surface area contributed by atoms with Gasteiger partial charge in [-0.3, -0.25) is 10.4 Å². The minimum Gasteiger partial charge on any atom is -0.300 e. The number of hydrogen-bond donors (Lipinski definition) is 1. The van der Waals surface area contributed by atoms with E-state index < -0.39 is 0 Å². The number of rotatable bonds is 0. The Morgan fingerprint density at radius 2 is 2.50 bits per heavy atom. The van der Waals surface area contributed by atoms with E-state index in [0.717, 1.165) is 18.2 Å². The van der Waals surface area contributed by atoms with Crippen LogP contribution in [0.2, 0.25) is 0 Å². The first-order valence-electron chi connectivity index (χ1n) is 3.28. The van der Waals surface area contributed by atoms with Crippen LogP contribution in [0, 0.1) is 0 Å². The molecular weight excluding hydrogens is 128 g/mol. The van der Waals surface area contributed by atoms with E-state index in [1.165, 1.54) is 0 Å². The van der Waals surface area contributed by atoms with Crippen molar-refractivity contribution in [3.8, 4) is 0 Å². The third kappa shape index (κ3) is 0.650. The monoisotopic (exact) mass is 138 g/mol. The van der Waals surface area contributed by atoms with E-state index in [2.05, 4.69) is 10.5 Å². The first-order valence-corrected chi connectivity index (χ1v) is 3.28. The summed E-state index contributed by atoms with van der Waals surface area (Å²) in [6.45, 7) is 2.87. The van der Waals surface area contributed by atoms with Gasteiger partial charge in [-0.05, 0) is 6.92 Å². The molecule has 4 heteroatoms. The normalized spacial score (nSPS) is 22.2. The molecule has 0 bridgehead atoms. The van der Waals surface area contributed by atoms with Crippen molar-refractivity contribution in [2.45, 2.75) is 6.92 Å². The summed E-state index contributed by atoms with van der Waals surface area (Å²) in [6.07, 6.45) is 2.03. The van der Waals surface area contributed by atoms with Crippen LogP contribution in [0.3, 0.4) is 0 Å². The lowest BCUT2D eigenvalue weighted by molar-refractivity contribution is 0.246. The summed E-state index contributed by atoms with van der Waals surface area (Å²) in [4.78, 5) is 0. The molecule has 2 aliphatic heterocycles. The molecule has 0 atom stereocenters. The Balaban J connectivity index is 2.26. The van der Waals surface area contributed by atoms with Crippen LogP contribution in [0.4, 0.5) is 0 Å². The molecule has 2 rings (SSSR count). The SMILES string of the molecule is CC1=CC2=NN(C)CN2N1.